The Labute approximate surface area is 218 Å². The summed E-state index contributed by atoms with van der Waals surface area (Å²) >= 11 is 0. The largest absolute Gasteiger partial charge is 0.494 e. The number of fused-ring (bicyclic) bond motifs is 5. The molecule has 3 nitrogen and oxygen atoms in total. The predicted octanol–water partition coefficient (Wildman–Crippen LogP) is 5.87. The Bertz CT molecular complexity index is 1450. The molecule has 1 aliphatic heterocycles. The van der Waals surface area contributed by atoms with E-state index >= 15 is 0 Å². The molecule has 1 unspecified atom stereocenters. The van der Waals surface area contributed by atoms with Crippen LogP contribution in [0.2, 0.25) is 0 Å². The lowest BCUT2D eigenvalue weighted by atomic mass is 9.77. The molecule has 1 heterocycles. The molecular formula is C30H37B2O3P. The van der Waals surface area contributed by atoms with Crippen molar-refractivity contribution in [1.29, 1.82) is 0 Å². The third kappa shape index (κ3) is 4.39. The van der Waals surface area contributed by atoms with Gasteiger partial charge in [0.15, 0.2) is 0 Å². The molecule has 0 aromatic heterocycles. The first-order valence-corrected chi connectivity index (χ1v) is 13.4. The number of hydrogen-bond donors (Lipinski definition) is 0. The van der Waals surface area contributed by atoms with Crippen LogP contribution in [0.4, 0.5) is 0 Å². The third-order valence-corrected chi connectivity index (χ3v) is 9.30. The Morgan fingerprint density at radius 3 is 1.78 bits per heavy atom. The van der Waals surface area contributed by atoms with Crippen molar-refractivity contribution in [2.45, 2.75) is 77.3 Å². The Morgan fingerprint density at radius 1 is 0.722 bits per heavy atom. The van der Waals surface area contributed by atoms with Crippen LogP contribution in [0.1, 0.15) is 55.4 Å². The van der Waals surface area contributed by atoms with Crippen molar-refractivity contribution < 1.29 is 14.0 Å². The molecule has 0 N–H and O–H groups in total. The molecular weight excluding hydrogens is 461 g/mol. The van der Waals surface area contributed by atoms with Gasteiger partial charge in [-0.3, -0.25) is 0 Å². The van der Waals surface area contributed by atoms with Gasteiger partial charge in [0.1, 0.15) is 0 Å². The average molecular weight is 498 g/mol. The summed E-state index contributed by atoms with van der Waals surface area (Å²) in [5.41, 5.74) is 1.26. The minimum absolute atomic E-state index is 0.0235. The van der Waals surface area contributed by atoms with E-state index in [0.29, 0.717) is 7.48 Å². The fourth-order valence-corrected chi connectivity index (χ4v) is 4.68. The summed E-state index contributed by atoms with van der Waals surface area (Å²) in [7, 11) is 3.12. The van der Waals surface area contributed by atoms with E-state index < -0.39 is 0 Å². The zero-order chi connectivity index (χ0) is 26.1. The van der Waals surface area contributed by atoms with Crippen molar-refractivity contribution in [2.24, 2.45) is 0 Å². The molecule has 1 aliphatic rings. The summed E-state index contributed by atoms with van der Waals surface area (Å²) in [5.74, 6) is 0. The van der Waals surface area contributed by atoms with Crippen LogP contribution >= 0.6 is 9.24 Å². The quantitative estimate of drug-likeness (QED) is 0.196. The summed E-state index contributed by atoms with van der Waals surface area (Å²) < 4.78 is 19.0. The van der Waals surface area contributed by atoms with Crippen molar-refractivity contribution in [2.75, 3.05) is 0 Å². The topological polar surface area (TPSA) is 27.7 Å². The smallest absolute Gasteiger partial charge is 0.429 e. The molecule has 5 rings (SSSR count). The van der Waals surface area contributed by atoms with Crippen molar-refractivity contribution in [3.63, 3.8) is 0 Å². The Kier molecular flexibility index (Phi) is 6.12. The molecule has 0 aliphatic carbocycles. The average Bonchev–Trinajstić information content (AvgIpc) is 3.02. The van der Waals surface area contributed by atoms with Gasteiger partial charge in [-0.1, -0.05) is 80.0 Å². The van der Waals surface area contributed by atoms with Gasteiger partial charge in [-0.15, -0.1) is 9.24 Å². The summed E-state index contributed by atoms with van der Waals surface area (Å²) in [6.07, 6.45) is 0. The summed E-state index contributed by atoms with van der Waals surface area (Å²) in [6.45, 7) is 17.1. The molecule has 186 valence electrons. The molecule has 1 saturated heterocycles. The normalized spacial score (nSPS) is 17.9. The van der Waals surface area contributed by atoms with Gasteiger partial charge in [-0.2, -0.15) is 0 Å². The van der Waals surface area contributed by atoms with Crippen LogP contribution in [0.15, 0.2) is 60.7 Å². The predicted molar refractivity (Wildman–Crippen MR) is 160 cm³/mol. The monoisotopic (exact) mass is 498 g/mol. The van der Waals surface area contributed by atoms with E-state index in [9.17, 15) is 0 Å². The molecule has 1 atom stereocenters. The van der Waals surface area contributed by atoms with Crippen LogP contribution in [0.3, 0.4) is 0 Å². The highest BCUT2D eigenvalue weighted by Crippen LogP contribution is 2.37. The van der Waals surface area contributed by atoms with Crippen LogP contribution in [0, 0.1) is 0 Å². The van der Waals surface area contributed by atoms with Crippen LogP contribution in [-0.4, -0.2) is 36.6 Å². The van der Waals surface area contributed by atoms with Crippen molar-refractivity contribution in [3.8, 4) is 0 Å². The maximum Gasteiger partial charge on any atom is 0.494 e. The highest BCUT2D eigenvalue weighted by molar-refractivity contribution is 7.19. The second-order valence-electron chi connectivity index (χ2n) is 12.4. The number of benzene rings is 4. The molecule has 1 fully saturated rings. The van der Waals surface area contributed by atoms with Crippen LogP contribution in [-0.2, 0) is 14.0 Å². The summed E-state index contributed by atoms with van der Waals surface area (Å²) in [6, 6.07) is 22.1. The summed E-state index contributed by atoms with van der Waals surface area (Å²) in [5, 5.41) is 7.38. The molecule has 0 spiro atoms. The maximum absolute atomic E-state index is 6.37. The highest BCUT2D eigenvalue weighted by Gasteiger charge is 2.51. The van der Waals surface area contributed by atoms with E-state index in [2.05, 4.69) is 125 Å². The van der Waals surface area contributed by atoms with Crippen molar-refractivity contribution >= 4 is 67.1 Å². The maximum atomic E-state index is 6.37. The zero-order valence-corrected chi connectivity index (χ0v) is 24.0. The van der Waals surface area contributed by atoms with Gasteiger partial charge in [0.2, 0.25) is 0 Å². The van der Waals surface area contributed by atoms with Crippen LogP contribution in [0.5, 0.6) is 0 Å². The molecule has 0 amide bonds. The first-order chi connectivity index (χ1) is 16.7. The number of rotatable bonds is 5. The highest BCUT2D eigenvalue weighted by atomic mass is 31.0. The van der Waals surface area contributed by atoms with Crippen molar-refractivity contribution in [1.82, 2.24) is 0 Å². The lowest BCUT2D eigenvalue weighted by molar-refractivity contribution is 0.00578. The molecule has 0 saturated carbocycles. The zero-order valence-electron chi connectivity index (χ0n) is 22.9. The Morgan fingerprint density at radius 2 is 1.22 bits per heavy atom. The van der Waals surface area contributed by atoms with E-state index in [0.717, 1.165) is 5.46 Å². The first kappa shape index (κ1) is 25.7. The molecule has 0 bridgehead atoms. The summed E-state index contributed by atoms with van der Waals surface area (Å²) in [4.78, 5) is 0. The minimum atomic E-state index is -0.372. The molecule has 4 aromatic rings. The second kappa shape index (κ2) is 8.57. The molecule has 6 heteroatoms. The van der Waals surface area contributed by atoms with Crippen LogP contribution < -0.4 is 10.9 Å². The van der Waals surface area contributed by atoms with E-state index in [4.69, 9.17) is 14.0 Å². The van der Waals surface area contributed by atoms with E-state index in [1.807, 2.05) is 0 Å². The van der Waals surface area contributed by atoms with Gasteiger partial charge in [-0.25, -0.2) is 0 Å². The van der Waals surface area contributed by atoms with Gasteiger partial charge < -0.3 is 14.0 Å². The first-order valence-electron chi connectivity index (χ1n) is 12.9. The Balaban J connectivity index is 1.56. The van der Waals surface area contributed by atoms with E-state index in [-0.39, 0.29) is 29.1 Å². The SMILES string of the molecule is CC(C)(P)C(C)(C)OBc1ccc2ccc3c4cc(B5OC(C)(C)C(C)(C)O5)ccc4ccc3c2c1. The number of hydrogen-bond acceptors (Lipinski definition) is 3. The third-order valence-electron chi connectivity index (χ3n) is 8.60. The lowest BCUT2D eigenvalue weighted by Crippen LogP contribution is -2.45. The van der Waals surface area contributed by atoms with Gasteiger partial charge in [-0.05, 0) is 79.3 Å². The van der Waals surface area contributed by atoms with E-state index in [1.165, 1.54) is 37.8 Å². The van der Waals surface area contributed by atoms with E-state index in [1.54, 1.807) is 0 Å². The molecule has 36 heavy (non-hydrogen) atoms. The fourth-order valence-electron chi connectivity index (χ4n) is 4.60. The van der Waals surface area contributed by atoms with Crippen molar-refractivity contribution in [3.05, 3.63) is 60.7 Å². The fraction of sp³-hybridized carbons (Fsp3) is 0.400. The lowest BCUT2D eigenvalue weighted by Gasteiger charge is -2.39. The molecule has 0 radical (unpaired) electrons. The molecule has 4 aromatic carbocycles. The minimum Gasteiger partial charge on any atom is -0.429 e. The Hall–Kier alpha value is -1.90. The van der Waals surface area contributed by atoms with Gasteiger partial charge >= 0.3 is 14.6 Å². The standard InChI is InChI=1S/C30H37B2O3P/c1-27(2)28(3,4)35-32(34-27)22-14-10-20-12-15-23-24(26(20)18-22)16-11-19-9-13-21(17-25(19)23)31-33-29(5,6)30(7,8)36/h9-18,31H,36H2,1-8H3. The van der Waals surface area contributed by atoms with Gasteiger partial charge in [0.25, 0.3) is 0 Å². The van der Waals surface area contributed by atoms with Gasteiger partial charge in [0, 0.05) is 5.16 Å². The van der Waals surface area contributed by atoms with Gasteiger partial charge in [0.05, 0.1) is 16.8 Å². The second-order valence-corrected chi connectivity index (χ2v) is 13.8. The van der Waals surface area contributed by atoms with Crippen LogP contribution in [0.25, 0.3) is 32.3 Å².